The molecule has 0 bridgehead atoms. The van der Waals surface area contributed by atoms with E-state index >= 15 is 0 Å². The smallest absolute Gasteiger partial charge is 0.255 e. The Kier molecular flexibility index (Phi) is 5.21. The van der Waals surface area contributed by atoms with E-state index < -0.39 is 6.04 Å². The number of aryl methyl sites for hydroxylation is 1. The highest BCUT2D eigenvalue weighted by molar-refractivity contribution is 6.03. The lowest BCUT2D eigenvalue weighted by molar-refractivity contribution is -0.125. The minimum Gasteiger partial charge on any atom is -0.350 e. The van der Waals surface area contributed by atoms with Crippen molar-refractivity contribution < 1.29 is 14.0 Å². The van der Waals surface area contributed by atoms with Crippen molar-refractivity contribution in [1.29, 1.82) is 0 Å². The van der Waals surface area contributed by atoms with E-state index in [1.807, 2.05) is 66.3 Å². The Morgan fingerprint density at radius 1 is 1.00 bits per heavy atom. The average molecular weight is 442 g/mol. The van der Waals surface area contributed by atoms with Crippen molar-refractivity contribution >= 4 is 22.7 Å². The van der Waals surface area contributed by atoms with Crippen LogP contribution in [0.1, 0.15) is 40.0 Å². The number of rotatable bonds is 5. The Balaban J connectivity index is 1.50. The monoisotopic (exact) mass is 441 g/mol. The number of hydrogen-bond acceptors (Lipinski definition) is 2. The molecule has 4 aromatic rings. The lowest BCUT2D eigenvalue weighted by Gasteiger charge is -2.30. The summed E-state index contributed by atoms with van der Waals surface area (Å²) in [5.74, 6) is -0.740. The fourth-order valence-electron chi connectivity index (χ4n) is 4.71. The molecule has 5 nitrogen and oxygen atoms in total. The first-order chi connectivity index (χ1) is 16.0. The molecule has 0 spiro atoms. The first-order valence-corrected chi connectivity index (χ1v) is 10.9. The number of aromatic nitrogens is 1. The zero-order valence-corrected chi connectivity index (χ0v) is 18.5. The zero-order valence-electron chi connectivity index (χ0n) is 18.5. The summed E-state index contributed by atoms with van der Waals surface area (Å²) in [6, 6.07) is 20.5. The van der Waals surface area contributed by atoms with Gasteiger partial charge >= 0.3 is 0 Å². The van der Waals surface area contributed by atoms with Crippen LogP contribution in [0.2, 0.25) is 0 Å². The number of fused-ring (bicyclic) bond motifs is 2. The maximum Gasteiger partial charge on any atom is 0.255 e. The number of para-hydroxylation sites is 1. The molecule has 2 unspecified atom stereocenters. The third-order valence-electron chi connectivity index (χ3n) is 6.40. The molecule has 1 aromatic heterocycles. The normalized spacial score (nSPS) is 16.2. The van der Waals surface area contributed by atoms with Gasteiger partial charge in [0, 0.05) is 41.8 Å². The molecule has 1 N–H and O–H groups in total. The number of carbonyl (C=O) groups excluding carboxylic acids is 2. The molecule has 0 saturated heterocycles. The summed E-state index contributed by atoms with van der Waals surface area (Å²) in [5.41, 5.74) is 4.37. The minimum absolute atomic E-state index is 0.159. The zero-order chi connectivity index (χ0) is 23.1. The summed E-state index contributed by atoms with van der Waals surface area (Å²) in [4.78, 5) is 28.3. The van der Waals surface area contributed by atoms with Crippen molar-refractivity contribution in [2.24, 2.45) is 7.05 Å². The molecule has 5 rings (SSSR count). The molecule has 0 fully saturated rings. The number of benzene rings is 3. The molecule has 2 atom stereocenters. The van der Waals surface area contributed by atoms with Crippen LogP contribution in [-0.2, 0) is 18.4 Å². The maximum atomic E-state index is 13.5. The molecular formula is C27H24FN3O2. The SMILES string of the molecule is CC(C(=O)NCc1ccc(F)cc1)N1C(=O)c2ccccc2C1c1cn(C)c2ccccc12. The molecule has 1 aliphatic rings. The largest absolute Gasteiger partial charge is 0.350 e. The molecule has 166 valence electrons. The van der Waals surface area contributed by atoms with Crippen LogP contribution < -0.4 is 5.32 Å². The van der Waals surface area contributed by atoms with Gasteiger partial charge in [-0.2, -0.15) is 0 Å². The van der Waals surface area contributed by atoms with Gasteiger partial charge in [0.25, 0.3) is 5.91 Å². The van der Waals surface area contributed by atoms with Crippen molar-refractivity contribution in [3.8, 4) is 0 Å². The van der Waals surface area contributed by atoms with E-state index in [-0.39, 0.29) is 30.2 Å². The Morgan fingerprint density at radius 3 is 2.48 bits per heavy atom. The van der Waals surface area contributed by atoms with E-state index in [0.29, 0.717) is 5.56 Å². The van der Waals surface area contributed by atoms with Gasteiger partial charge in [-0.3, -0.25) is 9.59 Å². The lowest BCUT2D eigenvalue weighted by Crippen LogP contribution is -2.46. The molecule has 1 aliphatic heterocycles. The number of halogens is 1. The predicted molar refractivity (Wildman–Crippen MR) is 125 cm³/mol. The average Bonchev–Trinajstić information content (AvgIpc) is 3.32. The number of amides is 2. The second-order valence-electron chi connectivity index (χ2n) is 8.43. The van der Waals surface area contributed by atoms with E-state index in [1.165, 1.54) is 12.1 Å². The van der Waals surface area contributed by atoms with Crippen LogP contribution in [0.15, 0.2) is 79.0 Å². The summed E-state index contributed by atoms with van der Waals surface area (Å²) in [6.45, 7) is 2.01. The quantitative estimate of drug-likeness (QED) is 0.493. The van der Waals surface area contributed by atoms with Gasteiger partial charge in [-0.1, -0.05) is 48.5 Å². The summed E-state index contributed by atoms with van der Waals surface area (Å²) in [7, 11) is 1.98. The van der Waals surface area contributed by atoms with Crippen LogP contribution in [0.5, 0.6) is 0 Å². The van der Waals surface area contributed by atoms with Gasteiger partial charge in [0.1, 0.15) is 11.9 Å². The summed E-state index contributed by atoms with van der Waals surface area (Å²) < 4.78 is 15.2. The van der Waals surface area contributed by atoms with Gasteiger partial charge in [0.05, 0.1) is 6.04 Å². The van der Waals surface area contributed by atoms with Gasteiger partial charge in [-0.15, -0.1) is 0 Å². The van der Waals surface area contributed by atoms with Crippen LogP contribution in [0.25, 0.3) is 10.9 Å². The summed E-state index contributed by atoms with van der Waals surface area (Å²) in [6.07, 6.45) is 2.04. The predicted octanol–water partition coefficient (Wildman–Crippen LogP) is 4.57. The molecule has 3 aromatic carbocycles. The van der Waals surface area contributed by atoms with E-state index in [0.717, 1.165) is 27.6 Å². The van der Waals surface area contributed by atoms with Crippen LogP contribution in [0.3, 0.4) is 0 Å². The van der Waals surface area contributed by atoms with Crippen molar-refractivity contribution in [2.75, 3.05) is 0 Å². The van der Waals surface area contributed by atoms with Gasteiger partial charge in [-0.05, 0) is 42.3 Å². The number of nitrogens with zero attached hydrogens (tertiary/aromatic N) is 2. The number of nitrogens with one attached hydrogen (secondary N) is 1. The van der Waals surface area contributed by atoms with Crippen molar-refractivity contribution in [3.63, 3.8) is 0 Å². The molecule has 33 heavy (non-hydrogen) atoms. The van der Waals surface area contributed by atoms with Crippen molar-refractivity contribution in [3.05, 3.63) is 107 Å². The molecule has 0 aliphatic carbocycles. The second-order valence-corrected chi connectivity index (χ2v) is 8.43. The van der Waals surface area contributed by atoms with Crippen LogP contribution in [0.4, 0.5) is 4.39 Å². The van der Waals surface area contributed by atoms with Gasteiger partial charge in [0.15, 0.2) is 0 Å². The minimum atomic E-state index is -0.700. The third kappa shape index (κ3) is 3.57. The lowest BCUT2D eigenvalue weighted by atomic mass is 9.97. The highest BCUT2D eigenvalue weighted by Gasteiger charge is 2.43. The molecule has 6 heteroatoms. The van der Waals surface area contributed by atoms with Crippen LogP contribution in [0, 0.1) is 5.82 Å². The van der Waals surface area contributed by atoms with Gasteiger partial charge < -0.3 is 14.8 Å². The molecule has 0 radical (unpaired) electrons. The van der Waals surface area contributed by atoms with Crippen LogP contribution >= 0.6 is 0 Å². The Hall–Kier alpha value is -3.93. The summed E-state index contributed by atoms with van der Waals surface area (Å²) >= 11 is 0. The maximum absolute atomic E-state index is 13.5. The number of hydrogen-bond donors (Lipinski definition) is 1. The topological polar surface area (TPSA) is 54.3 Å². The Morgan fingerprint density at radius 2 is 1.70 bits per heavy atom. The highest BCUT2D eigenvalue weighted by Crippen LogP contribution is 2.42. The number of carbonyl (C=O) groups is 2. The summed E-state index contributed by atoms with van der Waals surface area (Å²) in [5, 5.41) is 3.95. The van der Waals surface area contributed by atoms with Crippen molar-refractivity contribution in [1.82, 2.24) is 14.8 Å². The Labute approximate surface area is 191 Å². The van der Waals surface area contributed by atoms with Crippen LogP contribution in [-0.4, -0.2) is 27.3 Å². The van der Waals surface area contributed by atoms with Gasteiger partial charge in [-0.25, -0.2) is 4.39 Å². The third-order valence-corrected chi connectivity index (χ3v) is 6.40. The molecule has 0 saturated carbocycles. The first-order valence-electron chi connectivity index (χ1n) is 10.9. The molecule has 2 amide bonds. The van der Waals surface area contributed by atoms with Gasteiger partial charge in [0.2, 0.25) is 5.91 Å². The molecule has 2 heterocycles. The van der Waals surface area contributed by atoms with E-state index in [2.05, 4.69) is 5.32 Å². The van der Waals surface area contributed by atoms with E-state index in [9.17, 15) is 14.0 Å². The fourth-order valence-corrected chi connectivity index (χ4v) is 4.71. The first kappa shape index (κ1) is 20.9. The fraction of sp³-hybridized carbons (Fsp3) is 0.185. The van der Waals surface area contributed by atoms with E-state index in [4.69, 9.17) is 0 Å². The van der Waals surface area contributed by atoms with E-state index in [1.54, 1.807) is 24.0 Å². The molecular weight excluding hydrogens is 417 g/mol. The standard InChI is InChI=1S/C27H24FN3O2/c1-17(26(32)29-15-18-11-13-19(28)14-12-18)31-25(21-8-3-4-9-22(21)27(31)33)23-16-30(2)24-10-6-5-7-20(23)24/h3-14,16-17,25H,15H2,1-2H3,(H,29,32). The van der Waals surface area contributed by atoms with Crippen molar-refractivity contribution in [2.45, 2.75) is 25.6 Å². The second kappa shape index (κ2) is 8.20. The highest BCUT2D eigenvalue weighted by atomic mass is 19.1. The Bertz CT molecular complexity index is 1360.